The van der Waals surface area contributed by atoms with E-state index in [0.29, 0.717) is 6.54 Å². The van der Waals surface area contributed by atoms with Gasteiger partial charge in [-0.15, -0.1) is 35.5 Å². The molecule has 1 N–H and O–H groups in total. The van der Waals surface area contributed by atoms with E-state index in [4.69, 9.17) is 6.58 Å². The van der Waals surface area contributed by atoms with Gasteiger partial charge in [0.05, 0.1) is 0 Å². The SMILES string of the molecule is CSN1[CH-]N(SC)CC1.[CH-]=Cc1cc(F)ccc1CNc1ccc(C)cc1.[Ru+2]. The minimum Gasteiger partial charge on any atom is -0.386 e. The van der Waals surface area contributed by atoms with Gasteiger partial charge in [-0.1, -0.05) is 23.8 Å². The molecule has 1 fully saturated rings. The molecule has 0 radical (unpaired) electrons. The summed E-state index contributed by atoms with van der Waals surface area (Å²) >= 11 is 3.55. The van der Waals surface area contributed by atoms with Gasteiger partial charge in [0, 0.05) is 12.2 Å². The van der Waals surface area contributed by atoms with E-state index >= 15 is 0 Å². The second kappa shape index (κ2) is 13.4. The molecular formula is C21H26FN3RuS2. The zero-order chi connectivity index (χ0) is 19.6. The van der Waals surface area contributed by atoms with Crippen LogP contribution in [0.5, 0.6) is 0 Å². The summed E-state index contributed by atoms with van der Waals surface area (Å²) in [5.41, 5.74) is 3.94. The first-order valence-electron chi connectivity index (χ1n) is 8.66. The van der Waals surface area contributed by atoms with Crippen molar-refractivity contribution < 1.29 is 23.9 Å². The molecule has 0 aromatic heterocycles. The topological polar surface area (TPSA) is 18.5 Å². The minimum absolute atomic E-state index is 0. The van der Waals surface area contributed by atoms with Gasteiger partial charge in [0.1, 0.15) is 5.82 Å². The Hall–Kier alpha value is -0.847. The van der Waals surface area contributed by atoms with Crippen molar-refractivity contribution in [2.45, 2.75) is 13.5 Å². The van der Waals surface area contributed by atoms with Crippen LogP contribution in [0.25, 0.3) is 6.08 Å². The fourth-order valence-electron chi connectivity index (χ4n) is 2.48. The van der Waals surface area contributed by atoms with Crippen LogP contribution in [0.2, 0.25) is 0 Å². The van der Waals surface area contributed by atoms with E-state index in [0.717, 1.165) is 29.9 Å². The Morgan fingerprint density at radius 1 is 1.11 bits per heavy atom. The molecule has 0 atom stereocenters. The number of hydrogen-bond donors (Lipinski definition) is 1. The van der Waals surface area contributed by atoms with E-state index < -0.39 is 0 Å². The fraction of sp³-hybridized carbons (Fsp3) is 0.286. The van der Waals surface area contributed by atoms with Crippen LogP contribution in [0.1, 0.15) is 16.7 Å². The fourth-order valence-corrected chi connectivity index (χ4v) is 3.49. The monoisotopic (exact) mass is 505 g/mol. The van der Waals surface area contributed by atoms with Crippen molar-refractivity contribution in [2.75, 3.05) is 30.9 Å². The maximum Gasteiger partial charge on any atom is 2.00 e. The molecular weight excluding hydrogens is 478 g/mol. The predicted molar refractivity (Wildman–Crippen MR) is 118 cm³/mol. The van der Waals surface area contributed by atoms with E-state index in [2.05, 4.69) is 33.1 Å². The molecule has 0 unspecified atom stereocenters. The van der Waals surface area contributed by atoms with Crippen LogP contribution in [0.4, 0.5) is 10.1 Å². The number of benzene rings is 2. The Labute approximate surface area is 190 Å². The summed E-state index contributed by atoms with van der Waals surface area (Å²) in [6, 6.07) is 12.8. The largest absolute Gasteiger partial charge is 2.00 e. The van der Waals surface area contributed by atoms with Gasteiger partial charge in [-0.25, -0.2) is 10.5 Å². The number of nitrogens with zero attached hydrogens (tertiary/aromatic N) is 2. The van der Waals surface area contributed by atoms with Gasteiger partial charge in [-0.2, -0.15) is 12.2 Å². The third-order valence-electron chi connectivity index (χ3n) is 4.09. The summed E-state index contributed by atoms with van der Waals surface area (Å²) in [7, 11) is 0. The van der Waals surface area contributed by atoms with Crippen LogP contribution in [-0.4, -0.2) is 34.2 Å². The van der Waals surface area contributed by atoms with Crippen molar-refractivity contribution in [3.05, 3.63) is 78.2 Å². The molecule has 152 valence electrons. The molecule has 7 heteroatoms. The molecule has 1 saturated heterocycles. The first-order chi connectivity index (χ1) is 13.0. The van der Waals surface area contributed by atoms with E-state index in [1.165, 1.54) is 23.8 Å². The van der Waals surface area contributed by atoms with Crippen molar-refractivity contribution >= 4 is 35.7 Å². The number of rotatable bonds is 6. The molecule has 1 aliphatic rings. The summed E-state index contributed by atoms with van der Waals surface area (Å²) in [5.74, 6) is -0.272. The summed E-state index contributed by atoms with van der Waals surface area (Å²) < 4.78 is 17.5. The number of halogens is 1. The maximum atomic E-state index is 13.0. The van der Waals surface area contributed by atoms with Crippen molar-refractivity contribution in [1.29, 1.82) is 0 Å². The number of anilines is 1. The summed E-state index contributed by atoms with van der Waals surface area (Å²) in [6.45, 7) is 12.6. The quantitative estimate of drug-likeness (QED) is 0.319. The van der Waals surface area contributed by atoms with Crippen molar-refractivity contribution in [3.63, 3.8) is 0 Å². The van der Waals surface area contributed by atoms with Crippen LogP contribution >= 0.6 is 23.9 Å². The van der Waals surface area contributed by atoms with Gasteiger partial charge < -0.3 is 13.9 Å². The average Bonchev–Trinajstić information content (AvgIpc) is 3.17. The van der Waals surface area contributed by atoms with Gasteiger partial charge in [0.15, 0.2) is 0 Å². The van der Waals surface area contributed by atoms with Gasteiger partial charge in [0.2, 0.25) is 0 Å². The second-order valence-electron chi connectivity index (χ2n) is 5.99. The van der Waals surface area contributed by atoms with Gasteiger partial charge in [0.25, 0.3) is 0 Å². The smallest absolute Gasteiger partial charge is 0.386 e. The van der Waals surface area contributed by atoms with E-state index in [-0.39, 0.29) is 25.3 Å². The normalized spacial score (nSPS) is 14.0. The molecule has 2 aromatic rings. The van der Waals surface area contributed by atoms with Crippen LogP contribution in [0.15, 0.2) is 42.5 Å². The van der Waals surface area contributed by atoms with Crippen molar-refractivity contribution in [1.82, 2.24) is 8.61 Å². The molecule has 0 spiro atoms. The predicted octanol–water partition coefficient (Wildman–Crippen LogP) is 5.47. The summed E-state index contributed by atoms with van der Waals surface area (Å²) in [6.07, 6.45) is 5.62. The Morgan fingerprint density at radius 2 is 1.71 bits per heavy atom. The minimum atomic E-state index is -0.272. The Bertz CT molecular complexity index is 718. The summed E-state index contributed by atoms with van der Waals surface area (Å²) in [5, 5.41) is 3.28. The van der Waals surface area contributed by atoms with E-state index in [1.807, 2.05) is 31.2 Å². The average molecular weight is 505 g/mol. The van der Waals surface area contributed by atoms with Gasteiger partial charge in [-0.3, -0.25) is 6.58 Å². The van der Waals surface area contributed by atoms with Crippen LogP contribution in [-0.2, 0) is 26.0 Å². The molecule has 1 heterocycles. The molecule has 0 bridgehead atoms. The zero-order valence-corrected chi connectivity index (χ0v) is 19.7. The van der Waals surface area contributed by atoms with Crippen LogP contribution in [0.3, 0.4) is 0 Å². The maximum absolute atomic E-state index is 13.0. The molecule has 2 aromatic carbocycles. The molecule has 28 heavy (non-hydrogen) atoms. The molecule has 1 aliphatic heterocycles. The standard InChI is InChI=1S/C16H15FN.C5H11N2S2.Ru/c1-3-13-10-15(17)7-6-14(13)11-18-16-8-4-12(2)5-9-16;1-8-6-3-4-7(5-6)9-2;/h1,3-10,18H,11H2,2H3;5H,3-4H2,1-2H3;/q2*-1;+2. The third-order valence-corrected chi connectivity index (χ3v) is 5.58. The van der Waals surface area contributed by atoms with Gasteiger partial charge >= 0.3 is 19.5 Å². The first-order valence-corrected chi connectivity index (χ1v) is 11.0. The molecule has 0 aliphatic carbocycles. The van der Waals surface area contributed by atoms with E-state index in [1.54, 1.807) is 30.0 Å². The first kappa shape index (κ1) is 25.2. The van der Waals surface area contributed by atoms with Crippen LogP contribution < -0.4 is 5.32 Å². The van der Waals surface area contributed by atoms with E-state index in [9.17, 15) is 4.39 Å². The van der Waals surface area contributed by atoms with Crippen molar-refractivity contribution in [2.24, 2.45) is 0 Å². The molecule has 0 saturated carbocycles. The Kier molecular flexibility index (Phi) is 12.0. The molecule has 3 rings (SSSR count). The molecule has 3 nitrogen and oxygen atoms in total. The number of aryl methyl sites for hydroxylation is 1. The zero-order valence-electron chi connectivity index (χ0n) is 16.3. The summed E-state index contributed by atoms with van der Waals surface area (Å²) in [4.78, 5) is 0. The number of hydrogen-bond acceptors (Lipinski definition) is 5. The van der Waals surface area contributed by atoms with Crippen LogP contribution in [0, 0.1) is 26.0 Å². The second-order valence-corrected chi connectivity index (χ2v) is 7.66. The Morgan fingerprint density at radius 3 is 2.21 bits per heavy atom. The molecule has 0 amide bonds. The van der Waals surface area contributed by atoms with Gasteiger partial charge in [-0.05, 0) is 50.7 Å². The number of nitrogens with one attached hydrogen (secondary N) is 1. The Balaban J connectivity index is 0.000000332. The van der Waals surface area contributed by atoms with Crippen molar-refractivity contribution in [3.8, 4) is 0 Å². The third kappa shape index (κ3) is 8.26.